The average Bonchev–Trinajstić information content (AvgIpc) is 3.31. The molecule has 2 aliphatic heterocycles. The molecular weight excluding hydrogens is 360 g/mol. The van der Waals surface area contributed by atoms with Crippen molar-refractivity contribution in [1.82, 2.24) is 20.5 Å². The standard InChI is InChI=1S/C20H32N4O2S/c1-20(2,3)19-23-15(13-27-19)10-17(25)24-9-5-6-14(12-24)11-22-18(26)16-7-4-8-21-16/h13-14,16,21H,4-12H2,1-3H3,(H,22,26). The van der Waals surface area contributed by atoms with Gasteiger partial charge >= 0.3 is 0 Å². The monoisotopic (exact) mass is 392 g/mol. The fourth-order valence-corrected chi connectivity index (χ4v) is 4.64. The van der Waals surface area contributed by atoms with Gasteiger partial charge in [-0.25, -0.2) is 4.98 Å². The molecule has 0 bridgehead atoms. The first-order chi connectivity index (χ1) is 12.8. The van der Waals surface area contributed by atoms with Crippen molar-refractivity contribution in [1.29, 1.82) is 0 Å². The van der Waals surface area contributed by atoms with Gasteiger partial charge in [-0.05, 0) is 38.1 Å². The second kappa shape index (κ2) is 8.69. The Morgan fingerprint density at radius 3 is 2.81 bits per heavy atom. The van der Waals surface area contributed by atoms with Gasteiger partial charge in [0.25, 0.3) is 0 Å². The number of nitrogens with one attached hydrogen (secondary N) is 2. The van der Waals surface area contributed by atoms with Crippen molar-refractivity contribution >= 4 is 23.2 Å². The molecule has 150 valence electrons. The molecule has 0 radical (unpaired) electrons. The fraction of sp³-hybridized carbons (Fsp3) is 0.750. The van der Waals surface area contributed by atoms with Crippen LogP contribution in [0.1, 0.15) is 57.2 Å². The van der Waals surface area contributed by atoms with E-state index in [0.717, 1.165) is 56.0 Å². The summed E-state index contributed by atoms with van der Waals surface area (Å²) in [5, 5.41) is 9.38. The van der Waals surface area contributed by atoms with Crippen LogP contribution in [0.15, 0.2) is 5.38 Å². The van der Waals surface area contributed by atoms with Crippen molar-refractivity contribution in [3.63, 3.8) is 0 Å². The maximum atomic E-state index is 12.7. The molecular formula is C20H32N4O2S. The van der Waals surface area contributed by atoms with Gasteiger partial charge in [0.15, 0.2) is 0 Å². The van der Waals surface area contributed by atoms with Crippen molar-refractivity contribution < 1.29 is 9.59 Å². The molecule has 0 aliphatic carbocycles. The van der Waals surface area contributed by atoms with Crippen molar-refractivity contribution in [3.8, 4) is 0 Å². The highest BCUT2D eigenvalue weighted by Gasteiger charge is 2.27. The lowest BCUT2D eigenvalue weighted by Gasteiger charge is -2.33. The van der Waals surface area contributed by atoms with Crippen LogP contribution in [-0.2, 0) is 21.4 Å². The summed E-state index contributed by atoms with van der Waals surface area (Å²) >= 11 is 1.63. The highest BCUT2D eigenvalue weighted by molar-refractivity contribution is 7.09. The topological polar surface area (TPSA) is 74.3 Å². The molecule has 27 heavy (non-hydrogen) atoms. The van der Waals surface area contributed by atoms with Gasteiger partial charge in [-0.2, -0.15) is 0 Å². The number of carbonyl (C=O) groups is 2. The molecule has 1 aromatic rings. The Labute approximate surface area is 166 Å². The average molecular weight is 393 g/mol. The van der Waals surface area contributed by atoms with E-state index in [1.807, 2.05) is 10.3 Å². The lowest BCUT2D eigenvalue weighted by Crippen LogP contribution is -2.47. The third-order valence-corrected chi connectivity index (χ3v) is 6.66. The normalized spacial score (nSPS) is 23.4. The number of likely N-dealkylation sites (tertiary alicyclic amines) is 1. The number of carbonyl (C=O) groups excluding carboxylic acids is 2. The van der Waals surface area contributed by atoms with Crippen LogP contribution in [0.2, 0.25) is 0 Å². The van der Waals surface area contributed by atoms with E-state index in [1.54, 1.807) is 11.3 Å². The SMILES string of the molecule is CC(C)(C)c1nc(CC(=O)N2CCCC(CNC(=O)C3CCCN3)C2)cs1. The van der Waals surface area contributed by atoms with Gasteiger partial charge in [-0.1, -0.05) is 20.8 Å². The molecule has 0 saturated carbocycles. The zero-order valence-corrected chi connectivity index (χ0v) is 17.5. The number of piperidine rings is 1. The Bertz CT molecular complexity index is 661. The summed E-state index contributed by atoms with van der Waals surface area (Å²) in [6.45, 7) is 9.55. The third kappa shape index (κ3) is 5.51. The van der Waals surface area contributed by atoms with Crippen LogP contribution in [0.3, 0.4) is 0 Å². The number of aromatic nitrogens is 1. The number of hydrogen-bond donors (Lipinski definition) is 2. The molecule has 3 rings (SSSR count). The first kappa shape index (κ1) is 20.3. The molecule has 2 fully saturated rings. The number of amides is 2. The van der Waals surface area contributed by atoms with Gasteiger partial charge in [0.2, 0.25) is 11.8 Å². The molecule has 0 aromatic carbocycles. The zero-order valence-electron chi connectivity index (χ0n) is 16.7. The first-order valence-corrected chi connectivity index (χ1v) is 10.9. The summed E-state index contributed by atoms with van der Waals surface area (Å²) < 4.78 is 0. The van der Waals surface area contributed by atoms with Gasteiger partial charge in [0, 0.05) is 30.4 Å². The van der Waals surface area contributed by atoms with Crippen LogP contribution in [-0.4, -0.2) is 53.9 Å². The zero-order chi connectivity index (χ0) is 19.4. The summed E-state index contributed by atoms with van der Waals surface area (Å²) in [5.74, 6) is 0.594. The highest BCUT2D eigenvalue weighted by Crippen LogP contribution is 2.26. The number of nitrogens with zero attached hydrogens (tertiary/aromatic N) is 2. The summed E-state index contributed by atoms with van der Waals surface area (Å²) in [6.07, 6.45) is 4.42. The van der Waals surface area contributed by atoms with E-state index >= 15 is 0 Å². The Balaban J connectivity index is 1.47. The minimum absolute atomic E-state index is 0.0224. The summed E-state index contributed by atoms with van der Waals surface area (Å²) in [6, 6.07) is -0.0343. The molecule has 1 aromatic heterocycles. The lowest BCUT2D eigenvalue weighted by molar-refractivity contribution is -0.132. The molecule has 2 unspecified atom stereocenters. The predicted octanol–water partition coefficient (Wildman–Crippen LogP) is 2.09. The summed E-state index contributed by atoms with van der Waals surface area (Å²) in [5.41, 5.74) is 0.895. The van der Waals surface area contributed by atoms with Crippen LogP contribution in [0.5, 0.6) is 0 Å². The van der Waals surface area contributed by atoms with Gasteiger partial charge in [0.1, 0.15) is 0 Å². The number of hydrogen-bond acceptors (Lipinski definition) is 5. The first-order valence-electron chi connectivity index (χ1n) is 10.1. The Morgan fingerprint density at radius 2 is 2.15 bits per heavy atom. The predicted molar refractivity (Wildman–Crippen MR) is 108 cm³/mol. The van der Waals surface area contributed by atoms with Crippen LogP contribution in [0.25, 0.3) is 0 Å². The summed E-state index contributed by atoms with van der Waals surface area (Å²) in [7, 11) is 0. The Morgan fingerprint density at radius 1 is 1.33 bits per heavy atom. The van der Waals surface area contributed by atoms with E-state index < -0.39 is 0 Å². The minimum atomic E-state index is -0.0343. The largest absolute Gasteiger partial charge is 0.354 e. The van der Waals surface area contributed by atoms with E-state index in [9.17, 15) is 9.59 Å². The molecule has 3 heterocycles. The highest BCUT2D eigenvalue weighted by atomic mass is 32.1. The molecule has 7 heteroatoms. The molecule has 2 atom stereocenters. The molecule has 0 spiro atoms. The number of rotatable bonds is 5. The Hall–Kier alpha value is -1.47. The van der Waals surface area contributed by atoms with Crippen molar-refractivity contribution in [2.24, 2.45) is 5.92 Å². The van der Waals surface area contributed by atoms with E-state index in [4.69, 9.17) is 0 Å². The van der Waals surface area contributed by atoms with Gasteiger partial charge < -0.3 is 15.5 Å². The minimum Gasteiger partial charge on any atom is -0.354 e. The van der Waals surface area contributed by atoms with Crippen molar-refractivity contribution in [2.75, 3.05) is 26.2 Å². The third-order valence-electron chi connectivity index (χ3n) is 5.34. The molecule has 2 saturated heterocycles. The second-order valence-electron chi connectivity index (χ2n) is 8.81. The van der Waals surface area contributed by atoms with Gasteiger partial charge in [-0.15, -0.1) is 11.3 Å². The van der Waals surface area contributed by atoms with Gasteiger partial charge in [0.05, 0.1) is 23.2 Å². The van der Waals surface area contributed by atoms with E-state index in [0.29, 0.717) is 18.9 Å². The van der Waals surface area contributed by atoms with Crippen molar-refractivity contribution in [3.05, 3.63) is 16.1 Å². The maximum absolute atomic E-state index is 12.7. The van der Waals surface area contributed by atoms with Crippen LogP contribution < -0.4 is 10.6 Å². The molecule has 2 amide bonds. The molecule has 2 aliphatic rings. The molecule has 2 N–H and O–H groups in total. The summed E-state index contributed by atoms with van der Waals surface area (Å²) in [4.78, 5) is 31.5. The smallest absolute Gasteiger partial charge is 0.237 e. The van der Waals surface area contributed by atoms with E-state index in [2.05, 4.69) is 36.4 Å². The van der Waals surface area contributed by atoms with E-state index in [-0.39, 0.29) is 23.3 Å². The maximum Gasteiger partial charge on any atom is 0.237 e. The number of thiazole rings is 1. The van der Waals surface area contributed by atoms with Crippen LogP contribution in [0, 0.1) is 5.92 Å². The second-order valence-corrected chi connectivity index (χ2v) is 9.67. The fourth-order valence-electron chi connectivity index (χ4n) is 3.73. The van der Waals surface area contributed by atoms with Crippen LogP contribution in [0.4, 0.5) is 0 Å². The molecule has 6 nitrogen and oxygen atoms in total. The van der Waals surface area contributed by atoms with Gasteiger partial charge in [-0.3, -0.25) is 9.59 Å². The Kier molecular flexibility index (Phi) is 6.52. The lowest BCUT2D eigenvalue weighted by atomic mass is 9.97. The van der Waals surface area contributed by atoms with Crippen molar-refractivity contribution in [2.45, 2.75) is 64.3 Å². The van der Waals surface area contributed by atoms with Crippen LogP contribution >= 0.6 is 11.3 Å². The quantitative estimate of drug-likeness (QED) is 0.805. The van der Waals surface area contributed by atoms with E-state index in [1.165, 1.54) is 0 Å².